The Hall–Kier alpha value is -3.26. The molecule has 4 aromatic rings. The quantitative estimate of drug-likeness (QED) is 0.474. The van der Waals surface area contributed by atoms with Crippen LogP contribution in [0.25, 0.3) is 22.5 Å². The lowest BCUT2D eigenvalue weighted by atomic mass is 10.1. The summed E-state index contributed by atoms with van der Waals surface area (Å²) < 4.78 is 0. The number of benzene rings is 2. The molecule has 0 unspecified atom stereocenters. The Morgan fingerprint density at radius 2 is 0.846 bits per heavy atom. The van der Waals surface area contributed by atoms with Gasteiger partial charge >= 0.3 is 0 Å². The fourth-order valence-electron chi connectivity index (χ4n) is 3.03. The van der Waals surface area contributed by atoms with E-state index in [9.17, 15) is 0 Å². The van der Waals surface area contributed by atoms with Gasteiger partial charge in [-0.3, -0.25) is 9.97 Å². The third-order valence-electron chi connectivity index (χ3n) is 4.39. The Bertz CT molecular complexity index is 896. The van der Waals surface area contributed by atoms with Gasteiger partial charge in [-0.2, -0.15) is 0 Å². The number of rotatable bonds is 5. The van der Waals surface area contributed by atoms with Crippen LogP contribution in [0.15, 0.2) is 97.1 Å². The van der Waals surface area contributed by atoms with Crippen molar-refractivity contribution in [2.24, 2.45) is 0 Å². The molecular formula is C24H20N2. The van der Waals surface area contributed by atoms with E-state index in [0.29, 0.717) is 0 Å². The fourth-order valence-corrected chi connectivity index (χ4v) is 3.03. The maximum atomic E-state index is 4.81. The molecule has 2 heterocycles. The van der Waals surface area contributed by atoms with Gasteiger partial charge in [-0.05, 0) is 37.1 Å². The first kappa shape index (κ1) is 16.2. The molecule has 0 spiro atoms. The minimum atomic E-state index is 0.881. The van der Waals surface area contributed by atoms with E-state index in [2.05, 4.69) is 60.7 Å². The second kappa shape index (κ2) is 7.75. The van der Waals surface area contributed by atoms with Crippen molar-refractivity contribution in [1.29, 1.82) is 0 Å². The zero-order valence-corrected chi connectivity index (χ0v) is 14.5. The summed E-state index contributed by atoms with van der Waals surface area (Å²) >= 11 is 0. The Morgan fingerprint density at radius 1 is 0.423 bits per heavy atom. The highest BCUT2D eigenvalue weighted by Gasteiger charge is 2.04. The maximum Gasteiger partial charge on any atom is 0.0705 e. The van der Waals surface area contributed by atoms with E-state index in [1.54, 1.807) is 0 Å². The molecule has 0 N–H and O–H groups in total. The third kappa shape index (κ3) is 3.86. The first-order valence-electron chi connectivity index (χ1n) is 8.91. The van der Waals surface area contributed by atoms with Crippen molar-refractivity contribution in [2.45, 2.75) is 12.8 Å². The number of nitrogens with zero attached hydrogens (tertiary/aromatic N) is 2. The molecule has 0 saturated heterocycles. The van der Waals surface area contributed by atoms with E-state index in [0.717, 1.165) is 46.7 Å². The Kier molecular flexibility index (Phi) is 4.83. The van der Waals surface area contributed by atoms with Crippen molar-refractivity contribution in [3.63, 3.8) is 0 Å². The molecule has 0 bridgehead atoms. The molecule has 0 aliphatic carbocycles. The largest absolute Gasteiger partial charge is 0.253 e. The average molecular weight is 336 g/mol. The second-order valence-electron chi connectivity index (χ2n) is 6.26. The summed E-state index contributed by atoms with van der Waals surface area (Å²) in [4.78, 5) is 9.62. The van der Waals surface area contributed by atoms with Gasteiger partial charge < -0.3 is 0 Å². The van der Waals surface area contributed by atoms with Crippen LogP contribution in [0.3, 0.4) is 0 Å². The molecule has 0 aliphatic heterocycles. The summed E-state index contributed by atoms with van der Waals surface area (Å²) in [5.41, 5.74) is 6.54. The molecule has 0 radical (unpaired) electrons. The Morgan fingerprint density at radius 3 is 1.27 bits per heavy atom. The minimum Gasteiger partial charge on any atom is -0.253 e. The number of hydrogen-bond acceptors (Lipinski definition) is 2. The third-order valence-corrected chi connectivity index (χ3v) is 4.39. The molecule has 0 atom stereocenters. The summed E-state index contributed by atoms with van der Waals surface area (Å²) in [7, 11) is 0. The number of hydrogen-bond donors (Lipinski definition) is 0. The van der Waals surface area contributed by atoms with Crippen LogP contribution in [-0.4, -0.2) is 9.97 Å². The van der Waals surface area contributed by atoms with Crippen molar-refractivity contribution in [3.05, 3.63) is 108 Å². The highest BCUT2D eigenvalue weighted by Crippen LogP contribution is 2.19. The van der Waals surface area contributed by atoms with E-state index in [1.165, 1.54) is 0 Å². The summed E-state index contributed by atoms with van der Waals surface area (Å²) in [5, 5.41) is 0. The smallest absolute Gasteiger partial charge is 0.0705 e. The molecule has 0 amide bonds. The van der Waals surface area contributed by atoms with Crippen molar-refractivity contribution >= 4 is 0 Å². The molecule has 26 heavy (non-hydrogen) atoms. The summed E-state index contributed by atoms with van der Waals surface area (Å²) in [5.74, 6) is 0. The normalized spacial score (nSPS) is 10.6. The van der Waals surface area contributed by atoms with Crippen LogP contribution in [0.4, 0.5) is 0 Å². The highest BCUT2D eigenvalue weighted by atomic mass is 14.7. The monoisotopic (exact) mass is 336 g/mol. The van der Waals surface area contributed by atoms with Gasteiger partial charge in [0.1, 0.15) is 0 Å². The lowest BCUT2D eigenvalue weighted by Gasteiger charge is -2.06. The van der Waals surface area contributed by atoms with Crippen LogP contribution in [-0.2, 0) is 12.8 Å². The maximum absolute atomic E-state index is 4.81. The highest BCUT2D eigenvalue weighted by molar-refractivity contribution is 5.59. The average Bonchev–Trinajstić information content (AvgIpc) is 2.74. The predicted octanol–water partition coefficient (Wildman–Crippen LogP) is 5.60. The zero-order valence-electron chi connectivity index (χ0n) is 14.5. The van der Waals surface area contributed by atoms with Gasteiger partial charge in [0, 0.05) is 22.5 Å². The van der Waals surface area contributed by atoms with Crippen LogP contribution < -0.4 is 0 Å². The molecule has 2 heteroatoms. The Labute approximate surface area is 154 Å². The van der Waals surface area contributed by atoms with Crippen LogP contribution in [0.2, 0.25) is 0 Å². The van der Waals surface area contributed by atoms with E-state index >= 15 is 0 Å². The van der Waals surface area contributed by atoms with Crippen molar-refractivity contribution < 1.29 is 0 Å². The molecule has 126 valence electrons. The van der Waals surface area contributed by atoms with Gasteiger partial charge in [0.25, 0.3) is 0 Å². The van der Waals surface area contributed by atoms with Crippen molar-refractivity contribution in [2.75, 3.05) is 0 Å². The topological polar surface area (TPSA) is 25.8 Å². The first-order valence-corrected chi connectivity index (χ1v) is 8.91. The number of aromatic nitrogens is 2. The summed E-state index contributed by atoms with van der Waals surface area (Å²) in [6.07, 6.45) is 1.76. The van der Waals surface area contributed by atoms with Crippen LogP contribution >= 0.6 is 0 Å². The van der Waals surface area contributed by atoms with Gasteiger partial charge in [0.05, 0.1) is 11.4 Å². The van der Waals surface area contributed by atoms with Crippen LogP contribution in [0, 0.1) is 0 Å². The number of pyridine rings is 2. The summed E-state index contributed by atoms with van der Waals surface area (Å²) in [6.45, 7) is 0. The van der Waals surface area contributed by atoms with Crippen LogP contribution in [0.5, 0.6) is 0 Å². The molecule has 0 fully saturated rings. The van der Waals surface area contributed by atoms with Crippen molar-refractivity contribution in [3.8, 4) is 22.5 Å². The second-order valence-corrected chi connectivity index (χ2v) is 6.26. The van der Waals surface area contributed by atoms with Gasteiger partial charge in [-0.15, -0.1) is 0 Å². The predicted molar refractivity (Wildman–Crippen MR) is 107 cm³/mol. The van der Waals surface area contributed by atoms with Crippen LogP contribution in [0.1, 0.15) is 11.4 Å². The zero-order chi connectivity index (χ0) is 17.6. The first-order chi connectivity index (χ1) is 12.9. The Balaban J connectivity index is 1.50. The summed E-state index contributed by atoms with van der Waals surface area (Å²) in [6, 6.07) is 33.1. The minimum absolute atomic E-state index is 0.881. The molecule has 2 nitrogen and oxygen atoms in total. The van der Waals surface area contributed by atoms with E-state index < -0.39 is 0 Å². The lowest BCUT2D eigenvalue weighted by Crippen LogP contribution is -1.98. The van der Waals surface area contributed by atoms with Gasteiger partial charge in [0.2, 0.25) is 0 Å². The fraction of sp³-hybridized carbons (Fsp3) is 0.0833. The molecule has 0 aliphatic rings. The van der Waals surface area contributed by atoms with Gasteiger partial charge in [0.15, 0.2) is 0 Å². The van der Waals surface area contributed by atoms with E-state index in [4.69, 9.17) is 9.97 Å². The molecular weight excluding hydrogens is 316 g/mol. The van der Waals surface area contributed by atoms with Gasteiger partial charge in [-0.1, -0.05) is 72.8 Å². The number of aryl methyl sites for hydroxylation is 2. The molecule has 4 rings (SSSR count). The molecule has 2 aromatic carbocycles. The standard InChI is InChI=1S/C24H20N2/c1-3-9-19(10-4-1)23-15-7-13-21(25-23)17-18-22-14-8-16-24(26-22)20-11-5-2-6-12-20/h1-16H,17-18H2. The molecule has 0 saturated carbocycles. The van der Waals surface area contributed by atoms with E-state index in [-0.39, 0.29) is 0 Å². The van der Waals surface area contributed by atoms with E-state index in [1.807, 2.05) is 36.4 Å². The lowest BCUT2D eigenvalue weighted by molar-refractivity contribution is 0.883. The SMILES string of the molecule is c1ccc(-c2cccc(CCc3cccc(-c4ccccc4)n3)n2)cc1. The van der Waals surface area contributed by atoms with Gasteiger partial charge in [-0.25, -0.2) is 0 Å². The molecule has 2 aromatic heterocycles. The van der Waals surface area contributed by atoms with Crippen molar-refractivity contribution in [1.82, 2.24) is 9.97 Å².